The molecule has 2 N–H and O–H groups in total. The lowest BCUT2D eigenvalue weighted by molar-refractivity contribution is -0.123. The van der Waals surface area contributed by atoms with Crippen LogP contribution in [0.3, 0.4) is 0 Å². The molecule has 0 radical (unpaired) electrons. The van der Waals surface area contributed by atoms with Gasteiger partial charge in [-0.3, -0.25) is 14.9 Å². The Morgan fingerprint density at radius 2 is 1.60 bits per heavy atom. The summed E-state index contributed by atoms with van der Waals surface area (Å²) in [6, 6.07) is 17.8. The third-order valence-electron chi connectivity index (χ3n) is 6.77. The first-order chi connectivity index (χ1) is 20.1. The lowest BCUT2D eigenvalue weighted by Crippen LogP contribution is -2.22. The lowest BCUT2D eigenvalue weighted by atomic mass is 9.81. The van der Waals surface area contributed by atoms with Crippen LogP contribution in [0.4, 0.5) is 0 Å². The molecular formula is C34H43N3O5S. The highest BCUT2D eigenvalue weighted by Crippen LogP contribution is 2.42. The maximum atomic E-state index is 10.7. The second-order valence-corrected chi connectivity index (χ2v) is 13.3. The largest absolute Gasteiger partial charge is 0.508 e. The van der Waals surface area contributed by atoms with Gasteiger partial charge in [-0.25, -0.2) is 4.98 Å². The van der Waals surface area contributed by atoms with Crippen molar-refractivity contribution in [3.8, 4) is 23.0 Å². The number of aromatic nitrogens is 2. The van der Waals surface area contributed by atoms with Crippen LogP contribution >= 0.6 is 11.8 Å². The number of carbonyl (C=O) groups is 2. The molecule has 0 bridgehead atoms. The number of benzene rings is 3. The maximum absolute atomic E-state index is 10.7. The van der Waals surface area contributed by atoms with E-state index in [1.165, 1.54) is 17.3 Å². The topological polar surface area (TPSA) is 103 Å². The van der Waals surface area contributed by atoms with Crippen LogP contribution in [0, 0.1) is 6.92 Å². The van der Waals surface area contributed by atoms with Crippen molar-refractivity contribution in [1.82, 2.24) is 14.9 Å². The van der Waals surface area contributed by atoms with Gasteiger partial charge in [-0.05, 0) is 60.4 Å². The molecule has 0 saturated heterocycles. The van der Waals surface area contributed by atoms with Gasteiger partial charge in [0.15, 0.2) is 0 Å². The Balaban J connectivity index is 0.000000557. The number of rotatable bonds is 8. The van der Waals surface area contributed by atoms with E-state index in [1.807, 2.05) is 71.5 Å². The Bertz CT molecular complexity index is 1560. The van der Waals surface area contributed by atoms with Gasteiger partial charge in [0.25, 0.3) is 0 Å². The van der Waals surface area contributed by atoms with Crippen molar-refractivity contribution in [3.05, 3.63) is 77.1 Å². The van der Waals surface area contributed by atoms with Crippen LogP contribution in [-0.4, -0.2) is 39.0 Å². The molecule has 8 nitrogen and oxygen atoms in total. The molecule has 4 aromatic rings. The fourth-order valence-electron chi connectivity index (χ4n) is 4.40. The summed E-state index contributed by atoms with van der Waals surface area (Å²) in [5.41, 5.74) is 4.47. The van der Waals surface area contributed by atoms with Crippen molar-refractivity contribution >= 4 is 35.1 Å². The number of hydrogen-bond donors (Lipinski definition) is 2. The Morgan fingerprint density at radius 3 is 2.19 bits per heavy atom. The van der Waals surface area contributed by atoms with Crippen molar-refractivity contribution in [3.63, 3.8) is 0 Å². The Hall–Kier alpha value is -3.98. The third-order valence-corrected chi connectivity index (χ3v) is 7.32. The summed E-state index contributed by atoms with van der Waals surface area (Å²) in [6.07, 6.45) is 2.18. The molecule has 0 fully saturated rings. The second-order valence-electron chi connectivity index (χ2n) is 12.4. The Kier molecular flexibility index (Phi) is 10.9. The number of nitrogens with zero attached hydrogens (tertiary/aromatic N) is 2. The molecule has 0 atom stereocenters. The monoisotopic (exact) mass is 605 g/mol. The van der Waals surface area contributed by atoms with Crippen LogP contribution in [0.15, 0.2) is 54.6 Å². The molecule has 1 heterocycles. The van der Waals surface area contributed by atoms with E-state index in [-0.39, 0.29) is 16.7 Å². The quantitative estimate of drug-likeness (QED) is 0.205. The number of amides is 2. The molecule has 0 unspecified atom stereocenters. The van der Waals surface area contributed by atoms with Crippen LogP contribution in [0.1, 0.15) is 64.1 Å². The first-order valence-electron chi connectivity index (χ1n) is 14.1. The Morgan fingerprint density at radius 1 is 0.977 bits per heavy atom. The van der Waals surface area contributed by atoms with E-state index in [9.17, 15) is 14.7 Å². The van der Waals surface area contributed by atoms with E-state index in [0.29, 0.717) is 24.5 Å². The second kappa shape index (κ2) is 14.0. The number of nitrogens with one attached hydrogen (secondary N) is 1. The van der Waals surface area contributed by atoms with Gasteiger partial charge in [-0.1, -0.05) is 59.2 Å². The summed E-state index contributed by atoms with van der Waals surface area (Å²) in [5.74, 6) is 3.55. The molecule has 2 amide bonds. The summed E-state index contributed by atoms with van der Waals surface area (Å²) >= 11 is 1.38. The molecule has 0 aliphatic rings. The van der Waals surface area contributed by atoms with Crippen LogP contribution in [0.2, 0.25) is 0 Å². The standard InChI is InChI=1S/C30H36N2O3.C4H7NO2S/c1-19-9-11-20(12-10-19)34-18-28-31-24-14-13-21(15-25(24)32(28)8)35-27-17-22(29(2,3)4)26(33)16-23(27)30(5,6)7;1-8-2-4(7)5-3-6/h9-17,33H,18H2,1-8H3;3H,2H2,1H3,(H,5,6,7). The molecule has 0 spiro atoms. The number of ether oxygens (including phenoxy) is 2. The van der Waals surface area contributed by atoms with Gasteiger partial charge in [0.2, 0.25) is 12.3 Å². The SMILES string of the molecule is CSCC(=O)NC=O.Cc1ccc(OCc2nc3ccc(Oc4cc(C(C)(C)C)c(O)cc4C(C)(C)C)cc3n2C)cc1. The number of phenols is 1. The fraction of sp³-hybridized carbons (Fsp3) is 0.382. The van der Waals surface area contributed by atoms with Crippen molar-refractivity contribution in [2.75, 3.05) is 12.0 Å². The predicted octanol–water partition coefficient (Wildman–Crippen LogP) is 7.18. The van der Waals surface area contributed by atoms with E-state index < -0.39 is 0 Å². The van der Waals surface area contributed by atoms with Gasteiger partial charge in [-0.15, -0.1) is 0 Å². The Labute approximate surface area is 258 Å². The minimum Gasteiger partial charge on any atom is -0.508 e. The van der Waals surface area contributed by atoms with Crippen LogP contribution in [-0.2, 0) is 34.1 Å². The molecule has 0 aliphatic heterocycles. The van der Waals surface area contributed by atoms with Crippen molar-refractivity contribution in [2.45, 2.75) is 65.9 Å². The van der Waals surface area contributed by atoms with E-state index >= 15 is 0 Å². The van der Waals surface area contributed by atoms with E-state index in [0.717, 1.165) is 45.2 Å². The van der Waals surface area contributed by atoms with Gasteiger partial charge in [0.05, 0.1) is 16.8 Å². The highest BCUT2D eigenvalue weighted by molar-refractivity contribution is 7.99. The fourth-order valence-corrected chi connectivity index (χ4v) is 4.75. The zero-order valence-corrected chi connectivity index (χ0v) is 27.4. The number of hydrogen-bond acceptors (Lipinski definition) is 7. The zero-order valence-electron chi connectivity index (χ0n) is 26.6. The smallest absolute Gasteiger partial charge is 0.236 e. The van der Waals surface area contributed by atoms with E-state index in [4.69, 9.17) is 14.5 Å². The van der Waals surface area contributed by atoms with E-state index in [1.54, 1.807) is 6.26 Å². The van der Waals surface area contributed by atoms with Gasteiger partial charge in [0.1, 0.15) is 35.4 Å². The predicted molar refractivity (Wildman–Crippen MR) is 174 cm³/mol. The number of aryl methyl sites for hydroxylation is 2. The van der Waals surface area contributed by atoms with Crippen LogP contribution in [0.5, 0.6) is 23.0 Å². The third kappa shape index (κ3) is 9.00. The van der Waals surface area contributed by atoms with Gasteiger partial charge < -0.3 is 19.1 Å². The van der Waals surface area contributed by atoms with Crippen LogP contribution < -0.4 is 14.8 Å². The summed E-state index contributed by atoms with van der Waals surface area (Å²) in [7, 11) is 1.99. The number of imide groups is 1. The molecule has 4 rings (SSSR count). The molecule has 1 aromatic heterocycles. The van der Waals surface area contributed by atoms with Crippen molar-refractivity contribution in [2.24, 2.45) is 7.05 Å². The number of imidazole rings is 1. The molecule has 0 saturated carbocycles. The molecule has 9 heteroatoms. The first kappa shape index (κ1) is 33.5. The first-order valence-corrected chi connectivity index (χ1v) is 15.5. The van der Waals surface area contributed by atoms with Crippen molar-refractivity contribution in [1.29, 1.82) is 0 Å². The van der Waals surface area contributed by atoms with Gasteiger partial charge in [-0.2, -0.15) is 11.8 Å². The van der Waals surface area contributed by atoms with Gasteiger partial charge in [0, 0.05) is 24.2 Å². The molecule has 0 aliphatic carbocycles. The summed E-state index contributed by atoms with van der Waals surface area (Å²) < 4.78 is 14.5. The molecule has 3 aromatic carbocycles. The lowest BCUT2D eigenvalue weighted by Gasteiger charge is -2.27. The zero-order chi connectivity index (χ0) is 31.9. The average Bonchev–Trinajstić information content (AvgIpc) is 3.23. The summed E-state index contributed by atoms with van der Waals surface area (Å²) in [4.78, 5) is 24.6. The molecule has 43 heavy (non-hydrogen) atoms. The average molecular weight is 606 g/mol. The molecular weight excluding hydrogens is 562 g/mol. The number of fused-ring (bicyclic) bond motifs is 1. The van der Waals surface area contributed by atoms with Crippen molar-refractivity contribution < 1.29 is 24.2 Å². The number of carbonyl (C=O) groups excluding carboxylic acids is 2. The highest BCUT2D eigenvalue weighted by Gasteiger charge is 2.26. The number of phenolic OH excluding ortho intramolecular Hbond substituents is 1. The minimum absolute atomic E-state index is 0.194. The van der Waals surface area contributed by atoms with Gasteiger partial charge >= 0.3 is 0 Å². The highest BCUT2D eigenvalue weighted by atomic mass is 32.2. The van der Waals surface area contributed by atoms with Crippen LogP contribution in [0.25, 0.3) is 11.0 Å². The van der Waals surface area contributed by atoms with E-state index in [2.05, 4.69) is 48.5 Å². The maximum Gasteiger partial charge on any atom is 0.236 e. The number of thioether (sulfide) groups is 1. The number of aromatic hydroxyl groups is 1. The summed E-state index contributed by atoms with van der Waals surface area (Å²) in [6.45, 7) is 15.1. The normalized spacial score (nSPS) is 11.5. The summed E-state index contributed by atoms with van der Waals surface area (Å²) in [5, 5.41) is 12.7. The molecule has 230 valence electrons. The minimum atomic E-state index is -0.243.